The molecule has 1 heterocycles. The van der Waals surface area contributed by atoms with Crippen molar-refractivity contribution in [2.45, 2.75) is 116 Å². The minimum absolute atomic E-state index is 0.0630. The number of allylic oxidation sites excluding steroid dienone is 1. The second kappa shape index (κ2) is 10.8. The van der Waals surface area contributed by atoms with E-state index in [-0.39, 0.29) is 35.4 Å². The van der Waals surface area contributed by atoms with Crippen LogP contribution in [0.1, 0.15) is 84.1 Å². The van der Waals surface area contributed by atoms with E-state index in [4.69, 9.17) is 4.74 Å². The lowest BCUT2D eigenvalue weighted by atomic mass is 9.64. The molecule has 0 spiro atoms. The summed E-state index contributed by atoms with van der Waals surface area (Å²) in [6, 6.07) is 10.6. The van der Waals surface area contributed by atoms with E-state index >= 15 is 0 Å². The molecule has 2 saturated carbocycles. The number of Topliss-reactive ketones (excluding diaryl/α,β-unsaturated/α-hetero) is 1. The molecular weight excluding hydrogens is 462 g/mol. The Morgan fingerprint density at radius 2 is 1.67 bits per heavy atom. The normalized spacial score (nSPS) is 28.6. The summed E-state index contributed by atoms with van der Waals surface area (Å²) in [5.41, 5.74) is 1.21. The maximum atomic E-state index is 14.0. The van der Waals surface area contributed by atoms with Crippen molar-refractivity contribution in [1.82, 2.24) is 4.90 Å². The molecule has 0 aromatic heterocycles. The topological polar surface area (TPSA) is 46.6 Å². The van der Waals surface area contributed by atoms with E-state index in [1.807, 2.05) is 11.1 Å². The molecule has 2 fully saturated rings. The molecule has 1 aliphatic heterocycles. The third-order valence-electron chi connectivity index (χ3n) is 9.28. The van der Waals surface area contributed by atoms with Gasteiger partial charge in [-0.05, 0) is 53.7 Å². The lowest BCUT2D eigenvalue weighted by Crippen LogP contribution is -2.51. The van der Waals surface area contributed by atoms with E-state index in [2.05, 4.69) is 70.7 Å². The Labute approximate surface area is 219 Å². The highest BCUT2D eigenvalue weighted by Crippen LogP contribution is 2.44. The molecule has 4 nitrogen and oxygen atoms in total. The lowest BCUT2D eigenvalue weighted by Gasteiger charge is -2.45. The summed E-state index contributed by atoms with van der Waals surface area (Å²) in [4.78, 5) is 29.1. The van der Waals surface area contributed by atoms with Gasteiger partial charge in [-0.25, -0.2) is 4.79 Å². The summed E-state index contributed by atoms with van der Waals surface area (Å²) in [5.74, 6) is 1.44. The minimum Gasteiger partial charge on any atom is -0.446 e. The van der Waals surface area contributed by atoms with Crippen LogP contribution < -0.4 is 0 Å². The summed E-state index contributed by atoms with van der Waals surface area (Å²) in [5, 5.41) is 0.879. The molecule has 0 radical (unpaired) electrons. The highest BCUT2D eigenvalue weighted by Gasteiger charge is 2.45. The first-order chi connectivity index (χ1) is 17.0. The number of benzene rings is 1. The Balaban J connectivity index is 1.62. The number of nitrogens with zero attached hydrogens (tertiary/aromatic N) is 1. The van der Waals surface area contributed by atoms with E-state index in [1.165, 1.54) is 24.8 Å². The number of carbonyl (C=O) groups excluding carboxylic acids is 2. The predicted octanol–water partition coefficient (Wildman–Crippen LogP) is 7.89. The van der Waals surface area contributed by atoms with Crippen molar-refractivity contribution in [3.63, 3.8) is 0 Å². The number of ketones is 1. The second-order valence-corrected chi connectivity index (χ2v) is 18.4. The van der Waals surface area contributed by atoms with Gasteiger partial charge in [-0.1, -0.05) is 96.4 Å². The van der Waals surface area contributed by atoms with E-state index in [0.29, 0.717) is 18.3 Å². The molecule has 4 rings (SSSR count). The van der Waals surface area contributed by atoms with Crippen molar-refractivity contribution in [2.24, 2.45) is 17.8 Å². The standard InChI is InChI=1S/C31H47NO3Si/c1-22-17-18-25(31(2,3)24-15-11-8-12-16-24)28(19-22)35-30(34)32-21-29(36(4,5)6)27(33)20-26(32)23-13-9-7-10-14-23/h8,11-12,15-16,21-23,25-26,28H,7,9-10,13-14,17-20H2,1-6H3/t22-,25-,26+,28-/m1/s1. The van der Waals surface area contributed by atoms with Gasteiger partial charge in [0.2, 0.25) is 0 Å². The Bertz CT molecular complexity index is 958. The van der Waals surface area contributed by atoms with Crippen molar-refractivity contribution in [1.29, 1.82) is 0 Å². The molecule has 2 aliphatic carbocycles. The molecule has 1 aromatic rings. The number of ether oxygens (including phenoxy) is 1. The minimum atomic E-state index is -1.87. The van der Waals surface area contributed by atoms with Crippen LogP contribution in [0.2, 0.25) is 19.6 Å². The Hall–Kier alpha value is -1.88. The first-order valence-corrected chi connectivity index (χ1v) is 17.8. The van der Waals surface area contributed by atoms with Gasteiger partial charge in [0, 0.05) is 24.6 Å². The van der Waals surface area contributed by atoms with E-state index < -0.39 is 8.07 Å². The third kappa shape index (κ3) is 5.82. The lowest BCUT2D eigenvalue weighted by molar-refractivity contribution is -0.117. The Kier molecular flexibility index (Phi) is 8.18. The van der Waals surface area contributed by atoms with Crippen LogP contribution in [0.3, 0.4) is 0 Å². The van der Waals surface area contributed by atoms with Gasteiger partial charge < -0.3 is 4.74 Å². The largest absolute Gasteiger partial charge is 0.446 e. The molecule has 3 aliphatic rings. The average Bonchev–Trinajstić information content (AvgIpc) is 2.84. The van der Waals surface area contributed by atoms with Gasteiger partial charge in [-0.15, -0.1) is 0 Å². The summed E-state index contributed by atoms with van der Waals surface area (Å²) in [6.07, 6.45) is 11.0. The third-order valence-corrected chi connectivity index (χ3v) is 11.3. The van der Waals surface area contributed by atoms with Gasteiger partial charge >= 0.3 is 6.09 Å². The second-order valence-electron chi connectivity index (χ2n) is 13.3. The zero-order chi connectivity index (χ0) is 26.1. The smallest absolute Gasteiger partial charge is 0.414 e. The van der Waals surface area contributed by atoms with Crippen LogP contribution in [0.25, 0.3) is 0 Å². The molecule has 36 heavy (non-hydrogen) atoms. The molecule has 0 unspecified atom stereocenters. The monoisotopic (exact) mass is 509 g/mol. The first kappa shape index (κ1) is 27.2. The summed E-state index contributed by atoms with van der Waals surface area (Å²) in [7, 11) is -1.87. The maximum Gasteiger partial charge on any atom is 0.414 e. The van der Waals surface area contributed by atoms with Crippen LogP contribution in [-0.2, 0) is 14.9 Å². The molecule has 198 valence electrons. The van der Waals surface area contributed by atoms with Gasteiger partial charge in [0.1, 0.15) is 6.10 Å². The molecule has 5 heteroatoms. The van der Waals surface area contributed by atoms with Crippen molar-refractivity contribution in [3.05, 3.63) is 47.3 Å². The Morgan fingerprint density at radius 3 is 2.31 bits per heavy atom. The fourth-order valence-corrected chi connectivity index (χ4v) is 8.44. The maximum absolute atomic E-state index is 14.0. The van der Waals surface area contributed by atoms with Crippen molar-refractivity contribution in [2.75, 3.05) is 0 Å². The van der Waals surface area contributed by atoms with Crippen LogP contribution in [0.4, 0.5) is 4.79 Å². The summed E-state index contributed by atoms with van der Waals surface area (Å²) in [6.45, 7) is 13.5. The van der Waals surface area contributed by atoms with Crippen LogP contribution >= 0.6 is 0 Å². The zero-order valence-corrected chi connectivity index (χ0v) is 24.4. The molecule has 1 aromatic carbocycles. The van der Waals surface area contributed by atoms with Crippen LogP contribution in [0.15, 0.2) is 41.7 Å². The molecular formula is C31H47NO3Si. The van der Waals surface area contributed by atoms with Crippen molar-refractivity contribution >= 4 is 20.0 Å². The van der Waals surface area contributed by atoms with Gasteiger partial charge in [-0.3, -0.25) is 9.69 Å². The highest BCUT2D eigenvalue weighted by atomic mass is 28.3. The number of amides is 1. The number of hydrogen-bond acceptors (Lipinski definition) is 3. The molecule has 4 atom stereocenters. The Morgan fingerprint density at radius 1 is 1.00 bits per heavy atom. The van der Waals surface area contributed by atoms with E-state index in [9.17, 15) is 9.59 Å². The van der Waals surface area contributed by atoms with Gasteiger partial charge in [-0.2, -0.15) is 0 Å². The molecule has 0 saturated heterocycles. The average molecular weight is 510 g/mol. The molecule has 0 N–H and O–H groups in total. The predicted molar refractivity (Wildman–Crippen MR) is 149 cm³/mol. The van der Waals surface area contributed by atoms with Gasteiger partial charge in [0.05, 0.1) is 8.07 Å². The van der Waals surface area contributed by atoms with Crippen LogP contribution in [-0.4, -0.2) is 37.0 Å². The van der Waals surface area contributed by atoms with Crippen LogP contribution in [0, 0.1) is 17.8 Å². The summed E-state index contributed by atoms with van der Waals surface area (Å²) >= 11 is 0. The SMILES string of the molecule is C[C@@H]1CC[C@@H](C(C)(C)c2ccccc2)[C@H](OC(=O)N2C=C([Si](C)(C)C)C(=O)C[C@H]2C2CCCCC2)C1. The summed E-state index contributed by atoms with van der Waals surface area (Å²) < 4.78 is 6.49. The highest BCUT2D eigenvalue weighted by molar-refractivity contribution is 6.87. The fraction of sp³-hybridized carbons (Fsp3) is 0.677. The number of hydrogen-bond donors (Lipinski definition) is 0. The zero-order valence-electron chi connectivity index (χ0n) is 23.4. The van der Waals surface area contributed by atoms with Gasteiger partial charge in [0.25, 0.3) is 0 Å². The van der Waals surface area contributed by atoms with E-state index in [0.717, 1.165) is 37.3 Å². The number of rotatable bonds is 5. The van der Waals surface area contributed by atoms with Crippen molar-refractivity contribution in [3.8, 4) is 0 Å². The fourth-order valence-electron chi connectivity index (χ4n) is 6.97. The number of carbonyl (C=O) groups is 2. The van der Waals surface area contributed by atoms with Crippen molar-refractivity contribution < 1.29 is 14.3 Å². The first-order valence-electron chi connectivity index (χ1n) is 14.3. The molecule has 0 bridgehead atoms. The van der Waals surface area contributed by atoms with Crippen LogP contribution in [0.5, 0.6) is 0 Å². The molecule has 1 amide bonds. The quantitative estimate of drug-likeness (QED) is 0.379. The van der Waals surface area contributed by atoms with E-state index in [1.54, 1.807) is 0 Å². The van der Waals surface area contributed by atoms with Gasteiger partial charge in [0.15, 0.2) is 5.78 Å².